The van der Waals surface area contributed by atoms with Crippen LogP contribution < -0.4 is 11.1 Å². The van der Waals surface area contributed by atoms with E-state index >= 15 is 0 Å². The fourth-order valence-corrected chi connectivity index (χ4v) is 1.82. The van der Waals surface area contributed by atoms with Crippen molar-refractivity contribution in [3.63, 3.8) is 0 Å². The molecule has 0 aliphatic heterocycles. The number of aromatic nitrogens is 2. The van der Waals surface area contributed by atoms with Crippen molar-refractivity contribution in [2.24, 2.45) is 5.73 Å². The molecule has 100 valence electrons. The molecule has 0 bridgehead atoms. The maximum Gasteiger partial charge on any atom is 0.237 e. The second kappa shape index (κ2) is 6.70. The molecule has 0 spiro atoms. The van der Waals surface area contributed by atoms with Gasteiger partial charge in [0.25, 0.3) is 0 Å². The van der Waals surface area contributed by atoms with Crippen LogP contribution in [0.1, 0.15) is 5.56 Å². The van der Waals surface area contributed by atoms with Crippen LogP contribution in [0.15, 0.2) is 48.8 Å². The number of hydrogen-bond donors (Lipinski definition) is 2. The van der Waals surface area contributed by atoms with Gasteiger partial charge < -0.3 is 11.1 Å². The third kappa shape index (κ3) is 4.22. The number of benzene rings is 1. The molecule has 1 aromatic heterocycles. The van der Waals surface area contributed by atoms with Gasteiger partial charge in [-0.2, -0.15) is 5.10 Å². The molecule has 0 aliphatic rings. The summed E-state index contributed by atoms with van der Waals surface area (Å²) >= 11 is 0. The predicted octanol–water partition coefficient (Wildman–Crippen LogP) is 0.569. The van der Waals surface area contributed by atoms with E-state index in [1.54, 1.807) is 10.9 Å². The molecule has 0 unspecified atom stereocenters. The maximum absolute atomic E-state index is 11.8. The van der Waals surface area contributed by atoms with Gasteiger partial charge in [0.1, 0.15) is 0 Å². The lowest BCUT2D eigenvalue weighted by molar-refractivity contribution is -0.122. The summed E-state index contributed by atoms with van der Waals surface area (Å²) in [5.74, 6) is -0.129. The van der Waals surface area contributed by atoms with E-state index in [0.29, 0.717) is 19.5 Å². The summed E-state index contributed by atoms with van der Waals surface area (Å²) in [6.07, 6.45) is 4.12. The Bertz CT molecular complexity index is 495. The van der Waals surface area contributed by atoms with Crippen LogP contribution in [-0.2, 0) is 17.8 Å². The molecule has 1 aromatic carbocycles. The highest BCUT2D eigenvalue weighted by molar-refractivity contribution is 5.81. The fraction of sp³-hybridized carbons (Fsp3) is 0.286. The number of carbonyl (C=O) groups is 1. The van der Waals surface area contributed by atoms with Gasteiger partial charge in [-0.25, -0.2) is 0 Å². The molecule has 2 rings (SSSR count). The number of nitrogens with zero attached hydrogens (tertiary/aromatic N) is 2. The average Bonchev–Trinajstić information content (AvgIpc) is 2.93. The van der Waals surface area contributed by atoms with E-state index in [1.807, 2.05) is 42.6 Å². The Morgan fingerprint density at radius 3 is 2.79 bits per heavy atom. The number of amides is 1. The second-order valence-electron chi connectivity index (χ2n) is 4.36. The Kier molecular flexibility index (Phi) is 4.69. The molecule has 5 heteroatoms. The van der Waals surface area contributed by atoms with E-state index < -0.39 is 6.04 Å². The Balaban J connectivity index is 1.73. The first-order chi connectivity index (χ1) is 9.25. The minimum atomic E-state index is -0.514. The van der Waals surface area contributed by atoms with Gasteiger partial charge in [-0.1, -0.05) is 30.3 Å². The molecule has 1 amide bonds. The summed E-state index contributed by atoms with van der Waals surface area (Å²) in [6.45, 7) is 1.18. The van der Waals surface area contributed by atoms with E-state index in [1.165, 1.54) is 0 Å². The molecule has 1 heterocycles. The number of nitrogens with two attached hydrogens (primary N) is 1. The summed E-state index contributed by atoms with van der Waals surface area (Å²) < 4.78 is 1.77. The largest absolute Gasteiger partial charge is 0.353 e. The minimum absolute atomic E-state index is 0.129. The first-order valence-corrected chi connectivity index (χ1v) is 6.30. The third-order valence-corrected chi connectivity index (χ3v) is 2.83. The molecule has 3 N–H and O–H groups in total. The van der Waals surface area contributed by atoms with Gasteiger partial charge in [0, 0.05) is 18.9 Å². The number of hydrogen-bond acceptors (Lipinski definition) is 3. The van der Waals surface area contributed by atoms with Crippen LogP contribution in [0, 0.1) is 0 Å². The van der Waals surface area contributed by atoms with Crippen molar-refractivity contribution in [2.45, 2.75) is 19.0 Å². The van der Waals surface area contributed by atoms with Gasteiger partial charge in [-0.15, -0.1) is 0 Å². The van der Waals surface area contributed by atoms with E-state index in [4.69, 9.17) is 5.73 Å². The van der Waals surface area contributed by atoms with Crippen LogP contribution in [0.25, 0.3) is 0 Å². The molecule has 5 nitrogen and oxygen atoms in total. The zero-order valence-corrected chi connectivity index (χ0v) is 10.7. The quantitative estimate of drug-likeness (QED) is 0.795. The highest BCUT2D eigenvalue weighted by Gasteiger charge is 2.13. The normalized spacial score (nSPS) is 12.1. The van der Waals surface area contributed by atoms with E-state index in [0.717, 1.165) is 5.56 Å². The number of carbonyl (C=O) groups excluding carboxylic acids is 1. The zero-order valence-electron chi connectivity index (χ0n) is 10.7. The molecule has 0 fully saturated rings. The Labute approximate surface area is 112 Å². The Morgan fingerprint density at radius 2 is 2.11 bits per heavy atom. The molecule has 0 radical (unpaired) electrons. The van der Waals surface area contributed by atoms with Gasteiger partial charge in [0.15, 0.2) is 0 Å². The van der Waals surface area contributed by atoms with Crippen LogP contribution >= 0.6 is 0 Å². The van der Waals surface area contributed by atoms with Crippen molar-refractivity contribution in [1.82, 2.24) is 15.1 Å². The van der Waals surface area contributed by atoms with Crippen molar-refractivity contribution in [3.05, 3.63) is 54.4 Å². The maximum atomic E-state index is 11.8. The van der Waals surface area contributed by atoms with E-state index in [2.05, 4.69) is 10.4 Å². The summed E-state index contributed by atoms with van der Waals surface area (Å²) in [4.78, 5) is 11.8. The van der Waals surface area contributed by atoms with E-state index in [9.17, 15) is 4.79 Å². The first-order valence-electron chi connectivity index (χ1n) is 6.30. The highest BCUT2D eigenvalue weighted by atomic mass is 16.2. The molecule has 2 aromatic rings. The standard InChI is InChI=1S/C14H18N4O/c15-13(11-12-5-2-1-3-6-12)14(19)16-8-10-18-9-4-7-17-18/h1-7,9,13H,8,10-11,15H2,(H,16,19)/t13-/m1/s1. The Hall–Kier alpha value is -2.14. The monoisotopic (exact) mass is 258 g/mol. The predicted molar refractivity (Wildman–Crippen MR) is 73.4 cm³/mol. The summed E-state index contributed by atoms with van der Waals surface area (Å²) in [6, 6.07) is 11.1. The van der Waals surface area contributed by atoms with Crippen LogP contribution in [0.5, 0.6) is 0 Å². The SMILES string of the molecule is N[C@H](Cc1ccccc1)C(=O)NCCn1cccn1. The van der Waals surface area contributed by atoms with Gasteiger partial charge in [0.2, 0.25) is 5.91 Å². The van der Waals surface area contributed by atoms with Gasteiger partial charge >= 0.3 is 0 Å². The van der Waals surface area contributed by atoms with Crippen molar-refractivity contribution in [3.8, 4) is 0 Å². The number of rotatable bonds is 6. The van der Waals surface area contributed by atoms with Crippen LogP contribution in [0.2, 0.25) is 0 Å². The topological polar surface area (TPSA) is 72.9 Å². The van der Waals surface area contributed by atoms with Crippen LogP contribution in [-0.4, -0.2) is 28.3 Å². The van der Waals surface area contributed by atoms with E-state index in [-0.39, 0.29) is 5.91 Å². The smallest absolute Gasteiger partial charge is 0.237 e. The Morgan fingerprint density at radius 1 is 1.32 bits per heavy atom. The van der Waals surface area contributed by atoms with Crippen molar-refractivity contribution >= 4 is 5.91 Å². The number of nitrogens with one attached hydrogen (secondary N) is 1. The fourth-order valence-electron chi connectivity index (χ4n) is 1.82. The van der Waals surface area contributed by atoms with Gasteiger partial charge in [-0.05, 0) is 18.1 Å². The third-order valence-electron chi connectivity index (χ3n) is 2.83. The van der Waals surface area contributed by atoms with Crippen molar-refractivity contribution in [1.29, 1.82) is 0 Å². The van der Waals surface area contributed by atoms with Crippen LogP contribution in [0.4, 0.5) is 0 Å². The molecule has 0 aliphatic carbocycles. The first kappa shape index (κ1) is 13.3. The van der Waals surface area contributed by atoms with Gasteiger partial charge in [-0.3, -0.25) is 9.48 Å². The lowest BCUT2D eigenvalue weighted by Gasteiger charge is -2.12. The van der Waals surface area contributed by atoms with Gasteiger partial charge in [0.05, 0.1) is 12.6 Å². The molecular formula is C14H18N4O. The lowest BCUT2D eigenvalue weighted by atomic mass is 10.1. The molecule has 19 heavy (non-hydrogen) atoms. The summed E-state index contributed by atoms with van der Waals surface area (Å²) in [5, 5.41) is 6.88. The summed E-state index contributed by atoms with van der Waals surface area (Å²) in [5.41, 5.74) is 6.94. The zero-order chi connectivity index (χ0) is 13.5. The average molecular weight is 258 g/mol. The lowest BCUT2D eigenvalue weighted by Crippen LogP contribution is -2.43. The molecule has 1 atom stereocenters. The highest BCUT2D eigenvalue weighted by Crippen LogP contribution is 2.01. The molecule has 0 saturated carbocycles. The summed E-state index contributed by atoms with van der Waals surface area (Å²) in [7, 11) is 0. The molecular weight excluding hydrogens is 240 g/mol. The van der Waals surface area contributed by atoms with Crippen molar-refractivity contribution in [2.75, 3.05) is 6.54 Å². The minimum Gasteiger partial charge on any atom is -0.353 e. The second-order valence-corrected chi connectivity index (χ2v) is 4.36. The van der Waals surface area contributed by atoms with Crippen molar-refractivity contribution < 1.29 is 4.79 Å². The molecule has 0 saturated heterocycles. The van der Waals surface area contributed by atoms with Crippen LogP contribution in [0.3, 0.4) is 0 Å².